The van der Waals surface area contributed by atoms with Crippen LogP contribution in [0.2, 0.25) is 0 Å². The maximum Gasteiger partial charge on any atom is 0.355 e. The van der Waals surface area contributed by atoms with Crippen LogP contribution in [-0.4, -0.2) is 35.8 Å². The molecule has 0 heterocycles. The fourth-order valence-corrected chi connectivity index (χ4v) is 2.45. The molecule has 0 saturated carbocycles. The second-order valence-electron chi connectivity index (χ2n) is 8.19. The second-order valence-corrected chi connectivity index (χ2v) is 8.19. The summed E-state index contributed by atoms with van der Waals surface area (Å²) < 4.78 is 0. The van der Waals surface area contributed by atoms with Crippen LogP contribution in [-0.2, 0) is 19.8 Å². The van der Waals surface area contributed by atoms with Gasteiger partial charge < -0.3 is 0 Å². The number of hydrogen-bond donors (Lipinski definition) is 0. The molecular formula is C28H56O4Sn. The average molecular weight is 575 g/mol. The fourth-order valence-electron chi connectivity index (χ4n) is 2.45. The Kier molecular flexibility index (Phi) is 58.8. The molecule has 0 aliphatic heterocycles. The van der Waals surface area contributed by atoms with Crippen LogP contribution in [0.4, 0.5) is 0 Å². The van der Waals surface area contributed by atoms with Crippen LogP contribution in [0.5, 0.6) is 0 Å². The third kappa shape index (κ3) is 72.0. The Bertz CT molecular complexity index is 300. The number of carbonyl (C=O) groups excluding carboxylic acids is 2. The van der Waals surface area contributed by atoms with Crippen molar-refractivity contribution in [1.29, 1.82) is 0 Å². The summed E-state index contributed by atoms with van der Waals surface area (Å²) in [4.78, 5) is 20.0. The molecular weight excluding hydrogens is 519 g/mol. The van der Waals surface area contributed by atoms with Crippen LogP contribution in [0.3, 0.4) is 0 Å². The molecule has 0 aromatic rings. The average Bonchev–Trinajstić information content (AvgIpc) is 2.78. The zero-order chi connectivity index (χ0) is 25.3. The van der Waals surface area contributed by atoms with E-state index >= 15 is 0 Å². The van der Waals surface area contributed by atoms with Gasteiger partial charge in [-0.15, -0.1) is 0 Å². The van der Waals surface area contributed by atoms with E-state index in [4.69, 9.17) is 0 Å². The van der Waals surface area contributed by atoms with E-state index in [1.54, 1.807) is 0 Å². The van der Waals surface area contributed by atoms with Crippen molar-refractivity contribution < 1.29 is 19.8 Å². The predicted molar refractivity (Wildman–Crippen MR) is 143 cm³/mol. The Morgan fingerprint density at radius 1 is 0.455 bits per heavy atom. The molecule has 5 heteroatoms. The molecule has 0 spiro atoms. The van der Waals surface area contributed by atoms with Crippen molar-refractivity contribution >= 4 is 35.8 Å². The van der Waals surface area contributed by atoms with Gasteiger partial charge in [-0.3, -0.25) is 0 Å². The first-order valence-corrected chi connectivity index (χ1v) is 13.4. The van der Waals surface area contributed by atoms with Crippen LogP contribution in [0.1, 0.15) is 156 Å². The van der Waals surface area contributed by atoms with E-state index < -0.39 is 11.9 Å². The zero-order valence-electron chi connectivity index (χ0n) is 22.7. The van der Waals surface area contributed by atoms with Crippen LogP contribution in [0.15, 0.2) is 0 Å². The molecule has 0 atom stereocenters. The summed E-state index contributed by atoms with van der Waals surface area (Å²) in [6.45, 7) is 15.8. The van der Waals surface area contributed by atoms with Gasteiger partial charge in [-0.2, -0.15) is 0 Å². The third-order valence-electron chi connectivity index (χ3n) is 4.68. The van der Waals surface area contributed by atoms with Gasteiger partial charge in [-0.1, -0.05) is 144 Å². The molecule has 0 aromatic heterocycles. The van der Waals surface area contributed by atoms with Crippen molar-refractivity contribution in [3.63, 3.8) is 0 Å². The minimum Gasteiger partial charge on any atom is -0.247 e. The van der Waals surface area contributed by atoms with Crippen LogP contribution in [0.25, 0.3) is 0 Å². The number of hydrogen-bond acceptors (Lipinski definition) is 2. The van der Waals surface area contributed by atoms with E-state index in [9.17, 15) is 19.8 Å². The van der Waals surface area contributed by atoms with E-state index in [-0.39, 0.29) is 36.7 Å². The summed E-state index contributed by atoms with van der Waals surface area (Å²) in [7, 11) is 0. The molecule has 0 bridgehead atoms. The molecule has 0 aromatic carbocycles. The maximum atomic E-state index is 10.0. The quantitative estimate of drug-likeness (QED) is 0.121. The molecule has 0 rings (SSSR count). The summed E-state index contributed by atoms with van der Waals surface area (Å²) >= 11 is 0. The number of unbranched alkanes of at least 4 members (excludes halogenated alkanes) is 14. The summed E-state index contributed by atoms with van der Waals surface area (Å²) in [5.41, 5.74) is 0. The van der Waals surface area contributed by atoms with Gasteiger partial charge in [0.25, 0.3) is 0 Å². The zero-order valence-corrected chi connectivity index (χ0v) is 25.5. The van der Waals surface area contributed by atoms with Crippen molar-refractivity contribution in [1.82, 2.24) is 0 Å². The van der Waals surface area contributed by atoms with E-state index in [2.05, 4.69) is 41.5 Å². The van der Waals surface area contributed by atoms with Gasteiger partial charge >= 0.3 is 11.9 Å². The van der Waals surface area contributed by atoms with E-state index in [0.717, 1.165) is 38.5 Å². The monoisotopic (exact) mass is 576 g/mol. The van der Waals surface area contributed by atoms with Crippen molar-refractivity contribution in [3.8, 4) is 0 Å². The third-order valence-corrected chi connectivity index (χ3v) is 4.68. The van der Waals surface area contributed by atoms with Crippen molar-refractivity contribution in [2.24, 2.45) is 0 Å². The van der Waals surface area contributed by atoms with Gasteiger partial charge in [0.1, 0.15) is 0 Å². The minimum atomic E-state index is -0.913. The Morgan fingerprint density at radius 3 is 0.848 bits per heavy atom. The molecule has 0 N–H and O–H groups in total. The molecule has 8 radical (unpaired) electrons. The largest absolute Gasteiger partial charge is 0.355 e. The van der Waals surface area contributed by atoms with E-state index in [0.29, 0.717) is 0 Å². The van der Waals surface area contributed by atoms with Gasteiger partial charge in [0.2, 0.25) is 0 Å². The topological polar surface area (TPSA) is 73.9 Å². The minimum absolute atomic E-state index is 0. The van der Waals surface area contributed by atoms with E-state index in [1.807, 2.05) is 0 Å². The number of rotatable bonds is 18. The second kappa shape index (κ2) is 45.3. The first-order chi connectivity index (χ1) is 15.4. The number of carbonyl (C=O) groups is 2. The van der Waals surface area contributed by atoms with Crippen molar-refractivity contribution in [3.05, 3.63) is 13.8 Å². The molecule has 0 saturated heterocycles. The molecule has 33 heavy (non-hydrogen) atoms. The maximum absolute atomic E-state index is 10.0. The molecule has 0 fully saturated rings. The van der Waals surface area contributed by atoms with Gasteiger partial charge in [-0.25, -0.2) is 19.8 Å². The first kappa shape index (κ1) is 42.9. The summed E-state index contributed by atoms with van der Waals surface area (Å²) in [6.07, 6.45) is 21.2. The molecule has 0 amide bonds. The van der Waals surface area contributed by atoms with Crippen LogP contribution < -0.4 is 0 Å². The summed E-state index contributed by atoms with van der Waals surface area (Å²) in [6, 6.07) is 0. The SMILES string of the molecule is CCCCCCCCCC([O])=O.CCCCCCCCCC([O])=O.[CH2]CCC.[CH2]CCC.[Sn]. The Morgan fingerprint density at radius 2 is 0.667 bits per heavy atom. The first-order valence-electron chi connectivity index (χ1n) is 13.4. The van der Waals surface area contributed by atoms with Crippen molar-refractivity contribution in [2.45, 2.75) is 156 Å². The Balaban J connectivity index is -0.000000117. The normalized spacial score (nSPS) is 9.15. The fraction of sp³-hybridized carbons (Fsp3) is 0.857. The Hall–Kier alpha value is -0.261. The van der Waals surface area contributed by atoms with E-state index in [1.165, 1.54) is 77.0 Å². The standard InChI is InChI=1S/2C10H19O2.2C4H9.Sn/c2*1-2-3-4-5-6-7-8-9-10(11)12;2*1-3-4-2;/h2*2-9H2,1H3;2*1,3-4H2,2H3;. The molecule has 0 aliphatic carbocycles. The van der Waals surface area contributed by atoms with Gasteiger partial charge in [0.15, 0.2) is 0 Å². The molecule has 0 unspecified atom stereocenters. The predicted octanol–water partition coefficient (Wildman–Crippen LogP) is 9.03. The summed E-state index contributed by atoms with van der Waals surface area (Å²) in [5, 5.41) is 20.0. The van der Waals surface area contributed by atoms with Crippen molar-refractivity contribution in [2.75, 3.05) is 0 Å². The van der Waals surface area contributed by atoms with Crippen LogP contribution >= 0.6 is 0 Å². The smallest absolute Gasteiger partial charge is 0.247 e. The molecule has 4 nitrogen and oxygen atoms in total. The van der Waals surface area contributed by atoms with Gasteiger partial charge in [0, 0.05) is 23.9 Å². The summed E-state index contributed by atoms with van der Waals surface area (Å²) in [5.74, 6) is -1.83. The molecule has 196 valence electrons. The van der Waals surface area contributed by atoms with Gasteiger partial charge in [0.05, 0.1) is 12.8 Å². The van der Waals surface area contributed by atoms with Crippen LogP contribution in [0, 0.1) is 13.8 Å². The molecule has 0 aliphatic rings. The Labute approximate surface area is 225 Å². The van der Waals surface area contributed by atoms with Gasteiger partial charge in [-0.05, 0) is 12.8 Å².